The van der Waals surface area contributed by atoms with Crippen LogP contribution in [0.4, 0.5) is 8.78 Å². The summed E-state index contributed by atoms with van der Waals surface area (Å²) in [7, 11) is 0. The Bertz CT molecular complexity index is 779. The molecule has 1 aliphatic heterocycles. The lowest BCUT2D eigenvalue weighted by Gasteiger charge is -2.12. The Morgan fingerprint density at radius 1 is 1.17 bits per heavy atom. The first kappa shape index (κ1) is 16.5. The third kappa shape index (κ3) is 3.59. The van der Waals surface area contributed by atoms with E-state index in [9.17, 15) is 13.6 Å². The normalized spacial score (nSPS) is 13.3. The number of hydrogen-bond acceptors (Lipinski definition) is 4. The van der Waals surface area contributed by atoms with Crippen molar-refractivity contribution in [2.24, 2.45) is 0 Å². The second-order valence-electron chi connectivity index (χ2n) is 5.16. The van der Waals surface area contributed by atoms with E-state index in [0.717, 1.165) is 18.6 Å². The average Bonchev–Trinajstić information content (AvgIpc) is 2.78. The number of hydrogen-bond donors (Lipinski definition) is 0. The highest BCUT2D eigenvalue weighted by molar-refractivity contribution is 6.32. The lowest BCUT2D eigenvalue weighted by molar-refractivity contribution is 0.0467. The number of ether oxygens (including phenoxy) is 3. The molecule has 0 unspecified atom stereocenters. The van der Waals surface area contributed by atoms with Gasteiger partial charge >= 0.3 is 5.97 Å². The van der Waals surface area contributed by atoms with Crippen LogP contribution in [0, 0.1) is 11.6 Å². The number of carbonyl (C=O) groups is 1. The molecule has 7 heteroatoms. The van der Waals surface area contributed by atoms with E-state index < -0.39 is 17.6 Å². The molecule has 0 amide bonds. The van der Waals surface area contributed by atoms with Gasteiger partial charge in [-0.05, 0) is 29.8 Å². The Kier molecular flexibility index (Phi) is 4.85. The summed E-state index contributed by atoms with van der Waals surface area (Å²) in [4.78, 5) is 11.9. The van der Waals surface area contributed by atoms with Crippen LogP contribution < -0.4 is 9.47 Å². The molecule has 2 aromatic carbocycles. The van der Waals surface area contributed by atoms with Gasteiger partial charge in [-0.15, -0.1) is 0 Å². The first-order valence-electron chi connectivity index (χ1n) is 7.25. The van der Waals surface area contributed by atoms with Crippen LogP contribution in [0.2, 0.25) is 5.02 Å². The molecule has 3 rings (SSSR count). The van der Waals surface area contributed by atoms with Crippen LogP contribution in [-0.4, -0.2) is 19.2 Å². The molecule has 0 aliphatic carbocycles. The van der Waals surface area contributed by atoms with Crippen molar-refractivity contribution in [2.75, 3.05) is 13.2 Å². The zero-order valence-corrected chi connectivity index (χ0v) is 13.2. The van der Waals surface area contributed by atoms with Gasteiger partial charge in [-0.1, -0.05) is 11.6 Å². The summed E-state index contributed by atoms with van der Waals surface area (Å²) in [6, 6.07) is 5.89. The van der Waals surface area contributed by atoms with Crippen LogP contribution in [0.15, 0.2) is 30.3 Å². The molecule has 0 fully saturated rings. The van der Waals surface area contributed by atoms with Gasteiger partial charge in [0.2, 0.25) is 0 Å². The molecule has 4 nitrogen and oxygen atoms in total. The third-order valence-electron chi connectivity index (χ3n) is 3.38. The van der Waals surface area contributed by atoms with Gasteiger partial charge in [0, 0.05) is 12.5 Å². The van der Waals surface area contributed by atoms with Crippen LogP contribution in [0.3, 0.4) is 0 Å². The molecule has 0 saturated carbocycles. The minimum Gasteiger partial charge on any atom is -0.489 e. The molecule has 1 aliphatic rings. The standard InChI is InChI=1S/C17H13ClF2O4/c18-13-6-10(7-15-16(13)23-5-1-4-22-15)9-24-17(21)12-3-2-11(19)8-14(12)20/h2-3,6-8H,1,4-5,9H2. The van der Waals surface area contributed by atoms with Gasteiger partial charge < -0.3 is 14.2 Å². The predicted molar refractivity (Wildman–Crippen MR) is 82.5 cm³/mol. The molecule has 0 N–H and O–H groups in total. The van der Waals surface area contributed by atoms with Crippen molar-refractivity contribution >= 4 is 17.6 Å². The van der Waals surface area contributed by atoms with Gasteiger partial charge in [-0.3, -0.25) is 0 Å². The van der Waals surface area contributed by atoms with Crippen molar-refractivity contribution in [2.45, 2.75) is 13.0 Å². The summed E-state index contributed by atoms with van der Waals surface area (Å²) >= 11 is 6.15. The highest BCUT2D eigenvalue weighted by atomic mass is 35.5. The van der Waals surface area contributed by atoms with Crippen LogP contribution in [-0.2, 0) is 11.3 Å². The highest BCUT2D eigenvalue weighted by Gasteiger charge is 2.18. The Hall–Kier alpha value is -2.34. The lowest BCUT2D eigenvalue weighted by atomic mass is 10.2. The summed E-state index contributed by atoms with van der Waals surface area (Å²) < 4.78 is 42.5. The maximum atomic E-state index is 13.6. The zero-order chi connectivity index (χ0) is 17.1. The fourth-order valence-corrected chi connectivity index (χ4v) is 2.54. The van der Waals surface area contributed by atoms with Gasteiger partial charge in [0.05, 0.1) is 23.8 Å². The minimum atomic E-state index is -0.975. The summed E-state index contributed by atoms with van der Waals surface area (Å²) in [5.41, 5.74) is 0.233. The van der Waals surface area contributed by atoms with E-state index in [0.29, 0.717) is 41.4 Å². The molecule has 0 saturated heterocycles. The predicted octanol–water partition coefficient (Wildman–Crippen LogP) is 4.14. The number of esters is 1. The Balaban J connectivity index is 1.73. The van der Waals surface area contributed by atoms with Crippen molar-refractivity contribution in [3.63, 3.8) is 0 Å². The van der Waals surface area contributed by atoms with Gasteiger partial charge in [0.15, 0.2) is 11.5 Å². The monoisotopic (exact) mass is 354 g/mol. The van der Waals surface area contributed by atoms with Crippen molar-refractivity contribution in [1.29, 1.82) is 0 Å². The SMILES string of the molecule is O=C(OCc1cc(Cl)c2c(c1)OCCCO2)c1ccc(F)cc1F. The molecular formula is C17H13ClF2O4. The summed E-state index contributed by atoms with van der Waals surface area (Å²) in [6.07, 6.45) is 0.735. The third-order valence-corrected chi connectivity index (χ3v) is 3.66. The van der Waals surface area contributed by atoms with Crippen LogP contribution in [0.25, 0.3) is 0 Å². The molecule has 24 heavy (non-hydrogen) atoms. The second-order valence-corrected chi connectivity index (χ2v) is 5.56. The quantitative estimate of drug-likeness (QED) is 0.777. The largest absolute Gasteiger partial charge is 0.489 e. The molecule has 2 aromatic rings. The van der Waals surface area contributed by atoms with E-state index >= 15 is 0 Å². The molecular weight excluding hydrogens is 342 g/mol. The Morgan fingerprint density at radius 3 is 2.75 bits per heavy atom. The molecule has 1 heterocycles. The van der Waals surface area contributed by atoms with Crippen molar-refractivity contribution in [3.05, 3.63) is 58.1 Å². The number of fused-ring (bicyclic) bond motifs is 1. The van der Waals surface area contributed by atoms with Gasteiger partial charge in [-0.2, -0.15) is 0 Å². The minimum absolute atomic E-state index is 0.133. The van der Waals surface area contributed by atoms with E-state index in [1.54, 1.807) is 12.1 Å². The van der Waals surface area contributed by atoms with E-state index in [-0.39, 0.29) is 12.2 Å². The average molecular weight is 355 g/mol. The van der Waals surface area contributed by atoms with Crippen LogP contribution in [0.5, 0.6) is 11.5 Å². The Labute approximate surface area is 141 Å². The maximum Gasteiger partial charge on any atom is 0.341 e. The maximum absolute atomic E-state index is 13.6. The van der Waals surface area contributed by atoms with E-state index in [2.05, 4.69) is 0 Å². The van der Waals surface area contributed by atoms with Gasteiger partial charge in [0.1, 0.15) is 18.2 Å². The van der Waals surface area contributed by atoms with Crippen LogP contribution >= 0.6 is 11.6 Å². The summed E-state index contributed by atoms with van der Waals surface area (Å²) in [5.74, 6) is -1.71. The number of carbonyl (C=O) groups excluding carboxylic acids is 1. The zero-order valence-electron chi connectivity index (χ0n) is 12.5. The molecule has 0 bridgehead atoms. The molecule has 0 atom stereocenters. The fraction of sp³-hybridized carbons (Fsp3) is 0.235. The van der Waals surface area contributed by atoms with E-state index in [1.807, 2.05) is 0 Å². The second kappa shape index (κ2) is 7.05. The van der Waals surface area contributed by atoms with Crippen LogP contribution in [0.1, 0.15) is 22.3 Å². The Morgan fingerprint density at radius 2 is 1.96 bits per heavy atom. The summed E-state index contributed by atoms with van der Waals surface area (Å²) in [5, 5.41) is 0.341. The van der Waals surface area contributed by atoms with Crippen molar-refractivity contribution < 1.29 is 27.8 Å². The fourth-order valence-electron chi connectivity index (χ4n) is 2.25. The smallest absolute Gasteiger partial charge is 0.341 e. The first-order chi connectivity index (χ1) is 11.5. The van der Waals surface area contributed by atoms with Gasteiger partial charge in [-0.25, -0.2) is 13.6 Å². The molecule has 0 spiro atoms. The van der Waals surface area contributed by atoms with Crippen molar-refractivity contribution in [3.8, 4) is 11.5 Å². The van der Waals surface area contributed by atoms with E-state index in [4.69, 9.17) is 25.8 Å². The summed E-state index contributed by atoms with van der Waals surface area (Å²) in [6.45, 7) is 0.865. The number of rotatable bonds is 3. The highest BCUT2D eigenvalue weighted by Crippen LogP contribution is 2.38. The topological polar surface area (TPSA) is 44.8 Å². The van der Waals surface area contributed by atoms with Gasteiger partial charge in [0.25, 0.3) is 0 Å². The molecule has 0 radical (unpaired) electrons. The number of halogens is 3. The lowest BCUT2D eigenvalue weighted by Crippen LogP contribution is -2.08. The van der Waals surface area contributed by atoms with E-state index in [1.165, 1.54) is 0 Å². The molecule has 126 valence electrons. The number of benzene rings is 2. The molecule has 0 aromatic heterocycles. The first-order valence-corrected chi connectivity index (χ1v) is 7.62. The van der Waals surface area contributed by atoms with Crippen molar-refractivity contribution in [1.82, 2.24) is 0 Å².